The zero-order valence-electron chi connectivity index (χ0n) is 16.4. The van der Waals surface area contributed by atoms with Gasteiger partial charge in [-0.3, -0.25) is 4.79 Å². The fraction of sp³-hybridized carbons (Fsp3) is 0.667. The molecule has 2 aliphatic rings. The summed E-state index contributed by atoms with van der Waals surface area (Å²) in [5.74, 6) is -2.99. The first-order chi connectivity index (χ1) is 13.8. The number of hydrogen-bond acceptors (Lipinski definition) is 3. The van der Waals surface area contributed by atoms with Gasteiger partial charge in [-0.05, 0) is 62.9 Å². The Morgan fingerprint density at radius 1 is 1.17 bits per heavy atom. The highest BCUT2D eigenvalue weighted by Crippen LogP contribution is 2.34. The Balaban J connectivity index is 1.30. The lowest BCUT2D eigenvalue weighted by Gasteiger charge is -2.33. The van der Waals surface area contributed by atoms with Crippen molar-refractivity contribution in [1.29, 1.82) is 0 Å². The lowest BCUT2D eigenvalue weighted by Crippen LogP contribution is -2.40. The third-order valence-corrected chi connectivity index (χ3v) is 6.03. The molecule has 1 aromatic rings. The number of ether oxygens (including phenoxy) is 1. The van der Waals surface area contributed by atoms with Gasteiger partial charge in [-0.2, -0.15) is 0 Å². The minimum absolute atomic E-state index is 0.0429. The van der Waals surface area contributed by atoms with Crippen LogP contribution in [-0.4, -0.2) is 55.6 Å². The van der Waals surface area contributed by atoms with Crippen molar-refractivity contribution in [2.24, 2.45) is 5.92 Å². The highest BCUT2D eigenvalue weighted by atomic mass is 35.5. The van der Waals surface area contributed by atoms with Crippen LogP contribution in [0.25, 0.3) is 0 Å². The second-order valence-corrected chi connectivity index (χ2v) is 8.52. The van der Waals surface area contributed by atoms with Gasteiger partial charge in [-0.1, -0.05) is 11.6 Å². The van der Waals surface area contributed by atoms with Crippen LogP contribution in [0, 0.1) is 11.7 Å². The summed E-state index contributed by atoms with van der Waals surface area (Å²) in [6.07, 6.45) is 2.60. The maximum atomic E-state index is 13.4. The predicted octanol–water partition coefficient (Wildman–Crippen LogP) is 4.52. The number of amides is 1. The van der Waals surface area contributed by atoms with Crippen molar-refractivity contribution in [1.82, 2.24) is 10.2 Å². The normalized spacial score (nSPS) is 21.2. The van der Waals surface area contributed by atoms with Gasteiger partial charge in [0.25, 0.3) is 5.91 Å². The Hall–Kier alpha value is -1.31. The molecule has 0 unspecified atom stereocenters. The van der Waals surface area contributed by atoms with E-state index < -0.39 is 11.7 Å². The molecule has 1 aliphatic heterocycles. The monoisotopic (exact) mass is 432 g/mol. The molecule has 0 aromatic heterocycles. The molecule has 3 rings (SSSR count). The van der Waals surface area contributed by atoms with Gasteiger partial charge in [0.05, 0.1) is 12.7 Å². The van der Waals surface area contributed by atoms with E-state index in [1.54, 1.807) is 0 Å². The highest BCUT2D eigenvalue weighted by Gasteiger charge is 2.35. The van der Waals surface area contributed by atoms with Gasteiger partial charge >= 0.3 is 0 Å². The standard InChI is InChI=1S/C21H28ClF3N2O2/c22-17-11-16(12-18(23)13-17)20(28)26-14-15-3-7-27(8-4-15)9-10-29-19-1-5-21(24,25)6-2-19/h11-13,15,19H,1-10,14H2,(H,26,28). The van der Waals surface area contributed by atoms with Crippen LogP contribution < -0.4 is 5.32 Å². The largest absolute Gasteiger partial charge is 0.377 e. The van der Waals surface area contributed by atoms with Crippen LogP contribution in [0.5, 0.6) is 0 Å². The number of hydrogen-bond donors (Lipinski definition) is 1. The Kier molecular flexibility index (Phi) is 7.82. The fourth-order valence-corrected chi connectivity index (χ4v) is 4.19. The van der Waals surface area contributed by atoms with Crippen LogP contribution in [0.15, 0.2) is 18.2 Å². The summed E-state index contributed by atoms with van der Waals surface area (Å²) in [6, 6.07) is 3.80. The van der Waals surface area contributed by atoms with Crippen LogP contribution in [-0.2, 0) is 4.74 Å². The van der Waals surface area contributed by atoms with E-state index in [1.807, 2.05) is 0 Å². The van der Waals surface area contributed by atoms with Gasteiger partial charge in [-0.15, -0.1) is 0 Å². The lowest BCUT2D eigenvalue weighted by molar-refractivity contribution is -0.0825. The summed E-state index contributed by atoms with van der Waals surface area (Å²) in [5.41, 5.74) is 0.227. The van der Waals surface area contributed by atoms with Crippen molar-refractivity contribution in [3.05, 3.63) is 34.6 Å². The molecule has 4 nitrogen and oxygen atoms in total. The number of benzene rings is 1. The minimum atomic E-state index is -2.52. The number of nitrogens with zero attached hydrogens (tertiary/aromatic N) is 1. The zero-order valence-corrected chi connectivity index (χ0v) is 17.2. The third kappa shape index (κ3) is 7.15. The molecule has 1 aliphatic carbocycles. The average Bonchev–Trinajstić information content (AvgIpc) is 2.67. The third-order valence-electron chi connectivity index (χ3n) is 5.81. The van der Waals surface area contributed by atoms with E-state index in [0.29, 0.717) is 31.9 Å². The first-order valence-corrected chi connectivity index (χ1v) is 10.6. The number of halogens is 4. The van der Waals surface area contributed by atoms with Crippen LogP contribution in [0.1, 0.15) is 48.9 Å². The number of likely N-dealkylation sites (tertiary alicyclic amines) is 1. The number of rotatable bonds is 7. The van der Waals surface area contributed by atoms with Gasteiger partial charge in [0.2, 0.25) is 5.92 Å². The van der Waals surface area contributed by atoms with E-state index >= 15 is 0 Å². The number of carbonyl (C=O) groups excluding carboxylic acids is 1. The quantitative estimate of drug-likeness (QED) is 0.689. The van der Waals surface area contributed by atoms with Gasteiger partial charge in [0.15, 0.2) is 0 Å². The van der Waals surface area contributed by atoms with Gasteiger partial charge < -0.3 is 15.0 Å². The minimum Gasteiger partial charge on any atom is -0.377 e. The van der Waals surface area contributed by atoms with Crippen molar-refractivity contribution in [3.63, 3.8) is 0 Å². The number of piperidine rings is 1. The summed E-state index contributed by atoms with van der Waals surface area (Å²) in [6.45, 7) is 3.75. The fourth-order valence-electron chi connectivity index (χ4n) is 3.97. The van der Waals surface area contributed by atoms with E-state index in [9.17, 15) is 18.0 Å². The summed E-state index contributed by atoms with van der Waals surface area (Å²) in [7, 11) is 0. The molecule has 1 heterocycles. The maximum absolute atomic E-state index is 13.4. The molecule has 8 heteroatoms. The Labute approximate surface area is 174 Å². The molecule has 0 spiro atoms. The Morgan fingerprint density at radius 3 is 2.52 bits per heavy atom. The molecule has 2 fully saturated rings. The van der Waals surface area contributed by atoms with E-state index in [0.717, 1.165) is 32.5 Å². The first-order valence-electron chi connectivity index (χ1n) is 10.3. The number of nitrogens with one attached hydrogen (secondary N) is 1. The summed E-state index contributed by atoms with van der Waals surface area (Å²) >= 11 is 5.79. The lowest BCUT2D eigenvalue weighted by atomic mass is 9.94. The predicted molar refractivity (Wildman–Crippen MR) is 106 cm³/mol. The molecule has 1 saturated carbocycles. The maximum Gasteiger partial charge on any atom is 0.251 e. The molecule has 162 valence electrons. The summed E-state index contributed by atoms with van der Waals surface area (Å²) in [5, 5.41) is 3.06. The molecule has 1 amide bonds. The number of alkyl halides is 2. The van der Waals surface area contributed by atoms with E-state index in [-0.39, 0.29) is 35.4 Å². The smallest absolute Gasteiger partial charge is 0.251 e. The van der Waals surface area contributed by atoms with E-state index in [1.165, 1.54) is 18.2 Å². The van der Waals surface area contributed by atoms with Gasteiger partial charge in [0, 0.05) is 36.5 Å². The van der Waals surface area contributed by atoms with Crippen LogP contribution >= 0.6 is 11.6 Å². The second kappa shape index (κ2) is 10.1. The van der Waals surface area contributed by atoms with Crippen LogP contribution in [0.2, 0.25) is 5.02 Å². The molecule has 0 bridgehead atoms. The van der Waals surface area contributed by atoms with Crippen LogP contribution in [0.4, 0.5) is 13.2 Å². The van der Waals surface area contributed by atoms with Gasteiger partial charge in [0.1, 0.15) is 5.82 Å². The summed E-state index contributed by atoms with van der Waals surface area (Å²) in [4.78, 5) is 14.5. The Bertz CT molecular complexity index is 666. The molecular formula is C21H28ClF3N2O2. The number of carbonyl (C=O) groups is 1. The van der Waals surface area contributed by atoms with Crippen molar-refractivity contribution in [3.8, 4) is 0 Å². The second-order valence-electron chi connectivity index (χ2n) is 8.08. The van der Waals surface area contributed by atoms with E-state index in [4.69, 9.17) is 16.3 Å². The van der Waals surface area contributed by atoms with Crippen molar-refractivity contribution in [2.75, 3.05) is 32.8 Å². The molecule has 0 atom stereocenters. The van der Waals surface area contributed by atoms with Gasteiger partial charge in [-0.25, -0.2) is 13.2 Å². The Morgan fingerprint density at radius 2 is 1.86 bits per heavy atom. The molecule has 1 saturated heterocycles. The highest BCUT2D eigenvalue weighted by molar-refractivity contribution is 6.31. The molecule has 1 N–H and O–H groups in total. The van der Waals surface area contributed by atoms with Crippen molar-refractivity contribution < 1.29 is 22.7 Å². The van der Waals surface area contributed by atoms with E-state index in [2.05, 4.69) is 10.2 Å². The summed E-state index contributed by atoms with van der Waals surface area (Å²) < 4.78 is 45.5. The molecule has 0 radical (unpaired) electrons. The molecule has 29 heavy (non-hydrogen) atoms. The zero-order chi connectivity index (χ0) is 20.9. The SMILES string of the molecule is O=C(NCC1CCN(CCOC2CCC(F)(F)CC2)CC1)c1cc(F)cc(Cl)c1. The molecular weight excluding hydrogens is 405 g/mol. The van der Waals surface area contributed by atoms with Crippen molar-refractivity contribution >= 4 is 17.5 Å². The van der Waals surface area contributed by atoms with Crippen molar-refractivity contribution in [2.45, 2.75) is 50.6 Å². The topological polar surface area (TPSA) is 41.6 Å². The molecule has 1 aromatic carbocycles. The first kappa shape index (κ1) is 22.4. The van der Waals surface area contributed by atoms with Crippen LogP contribution in [0.3, 0.4) is 0 Å². The average molecular weight is 433 g/mol.